The van der Waals surface area contributed by atoms with E-state index in [0.29, 0.717) is 23.5 Å². The average Bonchev–Trinajstić information content (AvgIpc) is 2.35. The minimum absolute atomic E-state index is 0.00338. The van der Waals surface area contributed by atoms with Crippen LogP contribution in [-0.4, -0.2) is 10.2 Å². The molecule has 0 aliphatic rings. The first-order valence-electron chi connectivity index (χ1n) is 5.49. The summed E-state index contributed by atoms with van der Waals surface area (Å²) in [7, 11) is 0. The molecule has 0 atom stereocenters. The van der Waals surface area contributed by atoms with Crippen molar-refractivity contribution >= 4 is 0 Å². The van der Waals surface area contributed by atoms with Crippen LogP contribution in [0.2, 0.25) is 0 Å². The Bertz CT molecular complexity index is 506. The van der Waals surface area contributed by atoms with Crippen LogP contribution in [0, 0.1) is 0 Å². The summed E-state index contributed by atoms with van der Waals surface area (Å²) in [5, 5.41) is 19.5. The van der Waals surface area contributed by atoms with Gasteiger partial charge in [0.2, 0.25) is 0 Å². The lowest BCUT2D eigenvalue weighted by atomic mass is 10.1. The van der Waals surface area contributed by atoms with Crippen LogP contribution in [0.3, 0.4) is 0 Å². The van der Waals surface area contributed by atoms with Crippen molar-refractivity contribution in [1.82, 2.24) is 0 Å². The molecule has 0 spiro atoms. The zero-order chi connectivity index (χ0) is 12.3. The molecule has 0 aliphatic carbocycles. The number of phenolic OH excluding ortho intramolecular Hbond substituents is 2. The number of phenols is 2. The highest BCUT2D eigenvalue weighted by molar-refractivity contribution is 5.53. The summed E-state index contributed by atoms with van der Waals surface area (Å²) >= 11 is 0. The lowest BCUT2D eigenvalue weighted by molar-refractivity contribution is 0.396. The van der Waals surface area contributed by atoms with E-state index in [1.165, 1.54) is 6.07 Å². The smallest absolute Gasteiger partial charge is 0.169 e. The molecule has 0 radical (unpaired) electrons. The Labute approximate surface area is 99.9 Å². The molecule has 88 valence electrons. The highest BCUT2D eigenvalue weighted by Gasteiger charge is 2.12. The van der Waals surface area contributed by atoms with Gasteiger partial charge in [-0.2, -0.15) is 0 Å². The molecule has 2 aromatic rings. The monoisotopic (exact) mass is 230 g/mol. The predicted molar refractivity (Wildman–Crippen MR) is 65.7 cm³/mol. The van der Waals surface area contributed by atoms with Crippen molar-refractivity contribution in [2.45, 2.75) is 13.3 Å². The molecule has 3 heteroatoms. The van der Waals surface area contributed by atoms with Crippen LogP contribution >= 0.6 is 0 Å². The molecule has 17 heavy (non-hydrogen) atoms. The van der Waals surface area contributed by atoms with Crippen molar-refractivity contribution in [3.05, 3.63) is 48.0 Å². The van der Waals surface area contributed by atoms with Crippen LogP contribution in [-0.2, 0) is 6.42 Å². The van der Waals surface area contributed by atoms with Crippen LogP contribution in [0.4, 0.5) is 0 Å². The first-order valence-corrected chi connectivity index (χ1v) is 5.49. The molecule has 0 fully saturated rings. The van der Waals surface area contributed by atoms with Gasteiger partial charge in [0, 0.05) is 5.56 Å². The molecule has 2 aromatic carbocycles. The zero-order valence-corrected chi connectivity index (χ0v) is 9.55. The molecule has 2 rings (SSSR count). The number of hydrogen-bond donors (Lipinski definition) is 2. The fourth-order valence-electron chi connectivity index (χ4n) is 1.65. The number of hydrogen-bond acceptors (Lipinski definition) is 3. The van der Waals surface area contributed by atoms with Crippen LogP contribution in [0.5, 0.6) is 23.0 Å². The second-order valence-corrected chi connectivity index (χ2v) is 3.68. The molecule has 0 heterocycles. The SMILES string of the molecule is CCc1c(O)ccc(Oc2ccccc2)c1O. The first-order chi connectivity index (χ1) is 8.22. The van der Waals surface area contributed by atoms with Gasteiger partial charge in [-0.1, -0.05) is 25.1 Å². The summed E-state index contributed by atoms with van der Waals surface area (Å²) in [6.07, 6.45) is 0.545. The van der Waals surface area contributed by atoms with E-state index in [0.717, 1.165) is 0 Å². The minimum Gasteiger partial charge on any atom is -0.508 e. The van der Waals surface area contributed by atoms with Gasteiger partial charge in [0.05, 0.1) is 0 Å². The van der Waals surface area contributed by atoms with Crippen LogP contribution in [0.15, 0.2) is 42.5 Å². The van der Waals surface area contributed by atoms with Crippen molar-refractivity contribution in [2.75, 3.05) is 0 Å². The van der Waals surface area contributed by atoms with Crippen LogP contribution in [0.25, 0.3) is 0 Å². The van der Waals surface area contributed by atoms with Gasteiger partial charge in [-0.15, -0.1) is 0 Å². The molecule has 0 saturated carbocycles. The third-order valence-corrected chi connectivity index (χ3v) is 2.55. The number of para-hydroxylation sites is 1. The van der Waals surface area contributed by atoms with Gasteiger partial charge in [0.15, 0.2) is 11.5 Å². The van der Waals surface area contributed by atoms with E-state index in [2.05, 4.69) is 0 Å². The summed E-state index contributed by atoms with van der Waals surface area (Å²) in [5.74, 6) is 1.09. The Morgan fingerprint density at radius 3 is 2.35 bits per heavy atom. The van der Waals surface area contributed by atoms with Gasteiger partial charge in [-0.25, -0.2) is 0 Å². The quantitative estimate of drug-likeness (QED) is 0.849. The molecule has 0 amide bonds. The molecular weight excluding hydrogens is 216 g/mol. The van der Waals surface area contributed by atoms with E-state index in [-0.39, 0.29) is 11.5 Å². The predicted octanol–water partition coefficient (Wildman–Crippen LogP) is 3.45. The standard InChI is InChI=1S/C14H14O3/c1-2-11-12(15)8-9-13(14(11)16)17-10-6-4-3-5-7-10/h3-9,15-16H,2H2,1H3. The Hall–Kier alpha value is -2.16. The second kappa shape index (κ2) is 4.78. The number of ether oxygens (including phenoxy) is 1. The van der Waals surface area contributed by atoms with Gasteiger partial charge in [-0.3, -0.25) is 0 Å². The minimum atomic E-state index is -0.00338. The molecule has 3 nitrogen and oxygen atoms in total. The third kappa shape index (κ3) is 2.33. The molecule has 0 unspecified atom stereocenters. The zero-order valence-electron chi connectivity index (χ0n) is 9.55. The Morgan fingerprint density at radius 2 is 1.71 bits per heavy atom. The maximum absolute atomic E-state index is 9.95. The lowest BCUT2D eigenvalue weighted by Gasteiger charge is -2.11. The highest BCUT2D eigenvalue weighted by Crippen LogP contribution is 2.38. The van der Waals surface area contributed by atoms with Crippen LogP contribution < -0.4 is 4.74 Å². The number of rotatable bonds is 3. The molecule has 0 aliphatic heterocycles. The van der Waals surface area contributed by atoms with E-state index >= 15 is 0 Å². The summed E-state index contributed by atoms with van der Waals surface area (Å²) in [5.41, 5.74) is 0.499. The van der Waals surface area contributed by atoms with E-state index in [1.54, 1.807) is 18.2 Å². The highest BCUT2D eigenvalue weighted by atomic mass is 16.5. The summed E-state index contributed by atoms with van der Waals surface area (Å²) < 4.78 is 5.55. The van der Waals surface area contributed by atoms with Gasteiger partial charge >= 0.3 is 0 Å². The molecule has 2 N–H and O–H groups in total. The normalized spacial score (nSPS) is 10.2. The van der Waals surface area contributed by atoms with Gasteiger partial charge < -0.3 is 14.9 Å². The average molecular weight is 230 g/mol. The van der Waals surface area contributed by atoms with E-state index in [9.17, 15) is 10.2 Å². The summed E-state index contributed by atoms with van der Waals surface area (Å²) in [6, 6.07) is 12.3. The van der Waals surface area contributed by atoms with Crippen molar-refractivity contribution in [2.24, 2.45) is 0 Å². The van der Waals surface area contributed by atoms with E-state index in [1.807, 2.05) is 25.1 Å². The van der Waals surface area contributed by atoms with Crippen molar-refractivity contribution < 1.29 is 14.9 Å². The molecule has 0 bridgehead atoms. The maximum atomic E-state index is 9.95. The number of aromatic hydroxyl groups is 2. The summed E-state index contributed by atoms with van der Waals surface area (Å²) in [6.45, 7) is 1.86. The van der Waals surface area contributed by atoms with E-state index in [4.69, 9.17) is 4.74 Å². The Morgan fingerprint density at radius 1 is 1.00 bits per heavy atom. The lowest BCUT2D eigenvalue weighted by Crippen LogP contribution is -1.89. The summed E-state index contributed by atoms with van der Waals surface area (Å²) in [4.78, 5) is 0. The fraction of sp³-hybridized carbons (Fsp3) is 0.143. The third-order valence-electron chi connectivity index (χ3n) is 2.55. The van der Waals surface area contributed by atoms with Crippen molar-refractivity contribution in [3.63, 3.8) is 0 Å². The van der Waals surface area contributed by atoms with Crippen LogP contribution in [0.1, 0.15) is 12.5 Å². The van der Waals surface area contributed by atoms with Gasteiger partial charge in [0.25, 0.3) is 0 Å². The first kappa shape index (κ1) is 11.3. The van der Waals surface area contributed by atoms with E-state index < -0.39 is 0 Å². The Balaban J connectivity index is 2.34. The molecule has 0 aromatic heterocycles. The fourth-order valence-corrected chi connectivity index (χ4v) is 1.65. The molecule has 0 saturated heterocycles. The maximum Gasteiger partial charge on any atom is 0.169 e. The topological polar surface area (TPSA) is 49.7 Å². The van der Waals surface area contributed by atoms with Gasteiger partial charge in [-0.05, 0) is 30.7 Å². The molecular formula is C14H14O3. The van der Waals surface area contributed by atoms with Crippen molar-refractivity contribution in [1.29, 1.82) is 0 Å². The number of benzene rings is 2. The van der Waals surface area contributed by atoms with Gasteiger partial charge in [0.1, 0.15) is 11.5 Å². The Kier molecular flexibility index (Phi) is 3.19. The second-order valence-electron chi connectivity index (χ2n) is 3.68. The largest absolute Gasteiger partial charge is 0.508 e. The van der Waals surface area contributed by atoms with Crippen molar-refractivity contribution in [3.8, 4) is 23.0 Å².